The summed E-state index contributed by atoms with van der Waals surface area (Å²) in [5, 5.41) is 5.52. The number of urea groups is 1. The number of amides is 3. The summed E-state index contributed by atoms with van der Waals surface area (Å²) in [6, 6.07) is 6.84. The van der Waals surface area contributed by atoms with Crippen LogP contribution >= 0.6 is 0 Å². The molecule has 1 unspecified atom stereocenters. The standard InChI is InChI=1S/C17H23N3O3/c1-11(2)23-14-7-3-12(4-8-14)18-17(22)19-15-9-10-20(16(15)21)13-5-6-13/h3-4,7-8,11,13,15H,5-6,9-10H2,1-2H3,(H2,18,19,22). The Balaban J connectivity index is 1.50. The second-order valence-corrected chi connectivity index (χ2v) is 6.39. The van der Waals surface area contributed by atoms with Crippen molar-refractivity contribution in [3.8, 4) is 5.75 Å². The molecule has 1 aromatic rings. The van der Waals surface area contributed by atoms with Crippen molar-refractivity contribution in [2.24, 2.45) is 0 Å². The molecule has 1 aliphatic heterocycles. The van der Waals surface area contributed by atoms with E-state index in [1.54, 1.807) is 12.1 Å². The van der Waals surface area contributed by atoms with Crippen molar-refractivity contribution >= 4 is 17.6 Å². The van der Waals surface area contributed by atoms with Crippen LogP contribution in [-0.2, 0) is 4.79 Å². The average Bonchev–Trinajstić information content (AvgIpc) is 3.27. The van der Waals surface area contributed by atoms with Crippen LogP contribution in [-0.4, -0.2) is 41.6 Å². The van der Waals surface area contributed by atoms with Gasteiger partial charge in [0.25, 0.3) is 0 Å². The molecule has 23 heavy (non-hydrogen) atoms. The summed E-state index contributed by atoms with van der Waals surface area (Å²) in [6.45, 7) is 4.67. The number of carbonyl (C=O) groups is 2. The Kier molecular flexibility index (Phi) is 4.41. The number of rotatable bonds is 5. The third-order valence-corrected chi connectivity index (χ3v) is 4.02. The molecule has 0 bridgehead atoms. The topological polar surface area (TPSA) is 70.7 Å². The third kappa shape index (κ3) is 3.94. The smallest absolute Gasteiger partial charge is 0.319 e. The number of nitrogens with zero attached hydrogens (tertiary/aromatic N) is 1. The quantitative estimate of drug-likeness (QED) is 0.876. The molecule has 1 heterocycles. The van der Waals surface area contributed by atoms with E-state index in [2.05, 4.69) is 10.6 Å². The third-order valence-electron chi connectivity index (χ3n) is 4.02. The van der Waals surface area contributed by atoms with Gasteiger partial charge in [0.05, 0.1) is 6.10 Å². The van der Waals surface area contributed by atoms with Crippen LogP contribution in [0.2, 0.25) is 0 Å². The van der Waals surface area contributed by atoms with Crippen LogP contribution in [0, 0.1) is 0 Å². The van der Waals surface area contributed by atoms with Crippen LogP contribution in [0.5, 0.6) is 5.75 Å². The molecule has 0 aromatic heterocycles. The molecular formula is C17H23N3O3. The Morgan fingerprint density at radius 3 is 2.52 bits per heavy atom. The van der Waals surface area contributed by atoms with Gasteiger partial charge in [0.2, 0.25) is 5.91 Å². The van der Waals surface area contributed by atoms with Crippen LogP contribution < -0.4 is 15.4 Å². The van der Waals surface area contributed by atoms with Gasteiger partial charge in [-0.2, -0.15) is 0 Å². The Hall–Kier alpha value is -2.24. The molecule has 6 nitrogen and oxygen atoms in total. The molecule has 124 valence electrons. The van der Waals surface area contributed by atoms with Crippen LogP contribution in [0.4, 0.5) is 10.5 Å². The van der Waals surface area contributed by atoms with Gasteiger partial charge in [0, 0.05) is 18.3 Å². The summed E-state index contributed by atoms with van der Waals surface area (Å²) in [5.41, 5.74) is 0.670. The second kappa shape index (κ2) is 6.48. The summed E-state index contributed by atoms with van der Waals surface area (Å²) in [7, 11) is 0. The zero-order valence-electron chi connectivity index (χ0n) is 13.5. The fourth-order valence-corrected chi connectivity index (χ4v) is 2.80. The van der Waals surface area contributed by atoms with Gasteiger partial charge in [-0.05, 0) is 57.4 Å². The molecule has 2 N–H and O–H groups in total. The van der Waals surface area contributed by atoms with Gasteiger partial charge in [-0.3, -0.25) is 4.79 Å². The van der Waals surface area contributed by atoms with Gasteiger partial charge in [-0.25, -0.2) is 4.79 Å². The van der Waals surface area contributed by atoms with E-state index in [-0.39, 0.29) is 18.0 Å². The van der Waals surface area contributed by atoms with Crippen molar-refractivity contribution in [2.75, 3.05) is 11.9 Å². The summed E-state index contributed by atoms with van der Waals surface area (Å²) < 4.78 is 5.56. The first kappa shape index (κ1) is 15.6. The van der Waals surface area contributed by atoms with Crippen LogP contribution in [0.25, 0.3) is 0 Å². The normalized spacial score (nSPS) is 20.7. The van der Waals surface area contributed by atoms with E-state index in [0.717, 1.165) is 25.1 Å². The lowest BCUT2D eigenvalue weighted by atomic mass is 10.2. The molecule has 0 spiro atoms. The van der Waals surface area contributed by atoms with E-state index >= 15 is 0 Å². The summed E-state index contributed by atoms with van der Waals surface area (Å²) in [6.07, 6.45) is 2.98. The Bertz CT molecular complexity index is 581. The predicted molar refractivity (Wildman–Crippen MR) is 87.5 cm³/mol. The van der Waals surface area contributed by atoms with Crippen molar-refractivity contribution in [1.29, 1.82) is 0 Å². The fraction of sp³-hybridized carbons (Fsp3) is 0.529. The highest BCUT2D eigenvalue weighted by Gasteiger charge is 2.40. The molecule has 0 radical (unpaired) electrons. The Morgan fingerprint density at radius 2 is 1.91 bits per heavy atom. The van der Waals surface area contributed by atoms with E-state index in [9.17, 15) is 9.59 Å². The molecule has 3 rings (SSSR count). The Labute approximate surface area is 136 Å². The first-order valence-corrected chi connectivity index (χ1v) is 8.17. The minimum absolute atomic E-state index is 0.0448. The number of hydrogen-bond donors (Lipinski definition) is 2. The molecular weight excluding hydrogens is 294 g/mol. The monoisotopic (exact) mass is 317 g/mol. The minimum Gasteiger partial charge on any atom is -0.491 e. The highest BCUT2D eigenvalue weighted by atomic mass is 16.5. The summed E-state index contributed by atoms with van der Waals surface area (Å²) in [4.78, 5) is 26.1. The summed E-state index contributed by atoms with van der Waals surface area (Å²) >= 11 is 0. The molecule has 3 amide bonds. The molecule has 1 aliphatic carbocycles. The van der Waals surface area contributed by atoms with Gasteiger partial charge < -0.3 is 20.3 Å². The van der Waals surface area contributed by atoms with Gasteiger partial charge in [0.15, 0.2) is 0 Å². The van der Waals surface area contributed by atoms with Crippen LogP contribution in [0.3, 0.4) is 0 Å². The van der Waals surface area contributed by atoms with Gasteiger partial charge in [-0.1, -0.05) is 0 Å². The van der Waals surface area contributed by atoms with Crippen molar-refractivity contribution in [3.63, 3.8) is 0 Å². The van der Waals surface area contributed by atoms with Crippen molar-refractivity contribution in [3.05, 3.63) is 24.3 Å². The number of carbonyl (C=O) groups excluding carboxylic acids is 2. The lowest BCUT2D eigenvalue weighted by Crippen LogP contribution is -2.43. The van der Waals surface area contributed by atoms with E-state index in [1.807, 2.05) is 30.9 Å². The lowest BCUT2D eigenvalue weighted by Gasteiger charge is -2.16. The van der Waals surface area contributed by atoms with E-state index in [4.69, 9.17) is 4.74 Å². The number of likely N-dealkylation sites (tertiary alicyclic amines) is 1. The molecule has 6 heteroatoms. The molecule has 1 saturated carbocycles. The average molecular weight is 317 g/mol. The lowest BCUT2D eigenvalue weighted by molar-refractivity contribution is -0.129. The fourth-order valence-electron chi connectivity index (χ4n) is 2.80. The maximum absolute atomic E-state index is 12.2. The molecule has 2 aliphatic rings. The number of ether oxygens (including phenoxy) is 1. The highest BCUT2D eigenvalue weighted by molar-refractivity contribution is 5.94. The van der Waals surface area contributed by atoms with Crippen LogP contribution in [0.15, 0.2) is 24.3 Å². The molecule has 1 saturated heterocycles. The number of benzene rings is 1. The maximum Gasteiger partial charge on any atom is 0.319 e. The predicted octanol–water partition coefficient (Wildman–Crippen LogP) is 2.36. The minimum atomic E-state index is -0.404. The van der Waals surface area contributed by atoms with Crippen molar-refractivity contribution < 1.29 is 14.3 Å². The largest absolute Gasteiger partial charge is 0.491 e. The SMILES string of the molecule is CC(C)Oc1ccc(NC(=O)NC2CCN(C3CC3)C2=O)cc1. The first-order valence-electron chi connectivity index (χ1n) is 8.17. The molecule has 1 aromatic carbocycles. The van der Waals surface area contributed by atoms with Crippen molar-refractivity contribution in [1.82, 2.24) is 10.2 Å². The first-order chi connectivity index (χ1) is 11.0. The second-order valence-electron chi connectivity index (χ2n) is 6.39. The van der Waals surface area contributed by atoms with Crippen molar-refractivity contribution in [2.45, 2.75) is 51.3 Å². The Morgan fingerprint density at radius 1 is 1.22 bits per heavy atom. The molecule has 2 fully saturated rings. The maximum atomic E-state index is 12.2. The zero-order chi connectivity index (χ0) is 16.4. The number of anilines is 1. The highest BCUT2D eigenvalue weighted by Crippen LogP contribution is 2.30. The van der Waals surface area contributed by atoms with E-state index in [1.165, 1.54) is 0 Å². The summed E-state index contributed by atoms with van der Waals surface area (Å²) in [5.74, 6) is 0.806. The van der Waals surface area contributed by atoms with Gasteiger partial charge in [-0.15, -0.1) is 0 Å². The number of hydrogen-bond acceptors (Lipinski definition) is 3. The zero-order valence-corrected chi connectivity index (χ0v) is 13.5. The van der Waals surface area contributed by atoms with Crippen LogP contribution in [0.1, 0.15) is 33.1 Å². The van der Waals surface area contributed by atoms with E-state index < -0.39 is 6.04 Å². The number of nitrogens with one attached hydrogen (secondary N) is 2. The van der Waals surface area contributed by atoms with Gasteiger partial charge in [0.1, 0.15) is 11.8 Å². The van der Waals surface area contributed by atoms with E-state index in [0.29, 0.717) is 18.2 Å². The van der Waals surface area contributed by atoms with Gasteiger partial charge >= 0.3 is 6.03 Å². The molecule has 1 atom stereocenters.